The van der Waals surface area contributed by atoms with Gasteiger partial charge in [0.15, 0.2) is 0 Å². The molecule has 0 saturated carbocycles. The number of benzene rings is 1. The lowest BCUT2D eigenvalue weighted by atomic mass is 10.0. The molecule has 2 rings (SSSR count). The summed E-state index contributed by atoms with van der Waals surface area (Å²) < 4.78 is 22.6. The van der Waals surface area contributed by atoms with E-state index in [4.69, 9.17) is 9.26 Å². The maximum Gasteiger partial charge on any atom is 0.375 e. The molecule has 0 radical (unpaired) electrons. The fourth-order valence-corrected chi connectivity index (χ4v) is 2.16. The fourth-order valence-electron chi connectivity index (χ4n) is 2.16. The second-order valence-electron chi connectivity index (χ2n) is 4.81. The SMILES string of the molecule is COCC(=O)NC(C)c1c(-c2ccc(F)cc2)noc1C(=O)O. The van der Waals surface area contributed by atoms with Gasteiger partial charge in [0, 0.05) is 12.7 Å². The maximum absolute atomic E-state index is 13.0. The first-order valence-corrected chi connectivity index (χ1v) is 6.71. The van der Waals surface area contributed by atoms with Crippen molar-refractivity contribution in [2.75, 3.05) is 13.7 Å². The van der Waals surface area contributed by atoms with Gasteiger partial charge in [-0.2, -0.15) is 0 Å². The molecule has 2 aromatic rings. The van der Waals surface area contributed by atoms with Gasteiger partial charge in [-0.25, -0.2) is 9.18 Å². The van der Waals surface area contributed by atoms with E-state index in [1.165, 1.54) is 31.4 Å². The highest BCUT2D eigenvalue weighted by molar-refractivity contribution is 5.89. The first kappa shape index (κ1) is 16.6. The van der Waals surface area contributed by atoms with Crippen LogP contribution >= 0.6 is 0 Å². The average Bonchev–Trinajstić information content (AvgIpc) is 2.93. The van der Waals surface area contributed by atoms with E-state index in [0.717, 1.165) is 0 Å². The van der Waals surface area contributed by atoms with Crippen molar-refractivity contribution in [3.63, 3.8) is 0 Å². The summed E-state index contributed by atoms with van der Waals surface area (Å²) in [5, 5.41) is 15.6. The number of aromatic nitrogens is 1. The van der Waals surface area contributed by atoms with Gasteiger partial charge in [0.2, 0.25) is 11.7 Å². The molecule has 0 aliphatic heterocycles. The van der Waals surface area contributed by atoms with Crippen LogP contribution in [0, 0.1) is 5.82 Å². The number of hydrogen-bond acceptors (Lipinski definition) is 5. The molecule has 1 unspecified atom stereocenters. The van der Waals surface area contributed by atoms with Gasteiger partial charge in [-0.15, -0.1) is 0 Å². The molecule has 1 aromatic carbocycles. The number of ether oxygens (including phenoxy) is 1. The van der Waals surface area contributed by atoms with Crippen LogP contribution in [0.1, 0.15) is 29.1 Å². The number of aromatic carboxylic acids is 1. The number of halogens is 1. The Morgan fingerprint density at radius 2 is 2.04 bits per heavy atom. The molecule has 2 N–H and O–H groups in total. The Balaban J connectivity index is 2.42. The molecule has 0 saturated heterocycles. The molecule has 7 nitrogen and oxygen atoms in total. The van der Waals surface area contributed by atoms with Crippen molar-refractivity contribution >= 4 is 11.9 Å². The van der Waals surface area contributed by atoms with Gasteiger partial charge in [-0.3, -0.25) is 4.79 Å². The summed E-state index contributed by atoms with van der Waals surface area (Å²) in [6.07, 6.45) is 0. The number of nitrogens with one attached hydrogen (secondary N) is 1. The van der Waals surface area contributed by atoms with E-state index >= 15 is 0 Å². The minimum Gasteiger partial charge on any atom is -0.475 e. The summed E-state index contributed by atoms with van der Waals surface area (Å²) in [5.41, 5.74) is 0.909. The second-order valence-corrected chi connectivity index (χ2v) is 4.81. The average molecular weight is 322 g/mol. The van der Waals surface area contributed by atoms with Crippen molar-refractivity contribution in [1.29, 1.82) is 0 Å². The van der Waals surface area contributed by atoms with Crippen LogP contribution < -0.4 is 5.32 Å². The fraction of sp³-hybridized carbons (Fsp3) is 0.267. The number of carboxylic acids is 1. The second kappa shape index (κ2) is 7.01. The summed E-state index contributed by atoms with van der Waals surface area (Å²) in [5.74, 6) is -2.54. The van der Waals surface area contributed by atoms with E-state index in [1.54, 1.807) is 6.92 Å². The maximum atomic E-state index is 13.0. The number of hydrogen-bond donors (Lipinski definition) is 2. The number of carbonyl (C=O) groups excluding carboxylic acids is 1. The van der Waals surface area contributed by atoms with Crippen LogP contribution in [-0.2, 0) is 9.53 Å². The lowest BCUT2D eigenvalue weighted by Gasteiger charge is -2.14. The van der Waals surface area contributed by atoms with E-state index < -0.39 is 23.7 Å². The Labute approximate surface area is 131 Å². The molecule has 1 heterocycles. The summed E-state index contributed by atoms with van der Waals surface area (Å²) in [6.45, 7) is 1.43. The smallest absolute Gasteiger partial charge is 0.375 e. The molecule has 1 aromatic heterocycles. The Morgan fingerprint density at radius 3 is 2.61 bits per heavy atom. The van der Waals surface area contributed by atoms with Gasteiger partial charge >= 0.3 is 5.97 Å². The first-order valence-electron chi connectivity index (χ1n) is 6.71. The standard InChI is InChI=1S/C15H15FN2O5/c1-8(17-11(19)7-22-2)12-13(18-23-14(12)15(20)21)9-3-5-10(16)6-4-9/h3-6,8H,7H2,1-2H3,(H,17,19)(H,20,21). The Morgan fingerprint density at radius 1 is 1.39 bits per heavy atom. The predicted octanol–water partition coefficient (Wildman–Crippen LogP) is 2.00. The van der Waals surface area contributed by atoms with Gasteiger partial charge < -0.3 is 19.7 Å². The van der Waals surface area contributed by atoms with Gasteiger partial charge in [0.05, 0.1) is 11.6 Å². The molecular weight excluding hydrogens is 307 g/mol. The first-order chi connectivity index (χ1) is 10.9. The highest BCUT2D eigenvalue weighted by Crippen LogP contribution is 2.30. The van der Waals surface area contributed by atoms with E-state index in [9.17, 15) is 19.1 Å². The highest BCUT2D eigenvalue weighted by Gasteiger charge is 2.27. The minimum atomic E-state index is -1.31. The summed E-state index contributed by atoms with van der Waals surface area (Å²) >= 11 is 0. The third-order valence-electron chi connectivity index (χ3n) is 3.13. The third-order valence-corrected chi connectivity index (χ3v) is 3.13. The van der Waals surface area contributed by atoms with E-state index in [1.807, 2.05) is 0 Å². The van der Waals surface area contributed by atoms with Gasteiger partial charge in [-0.05, 0) is 31.2 Å². The van der Waals surface area contributed by atoms with Crippen molar-refractivity contribution in [2.45, 2.75) is 13.0 Å². The monoisotopic (exact) mass is 322 g/mol. The number of rotatable bonds is 6. The molecule has 0 bridgehead atoms. The zero-order valence-corrected chi connectivity index (χ0v) is 12.5. The van der Waals surface area contributed by atoms with Crippen LogP contribution in [0.5, 0.6) is 0 Å². The van der Waals surface area contributed by atoms with Gasteiger partial charge in [-0.1, -0.05) is 5.16 Å². The Bertz CT molecular complexity index is 711. The lowest BCUT2D eigenvalue weighted by Crippen LogP contribution is -2.30. The Kier molecular flexibility index (Phi) is 5.07. The number of methoxy groups -OCH3 is 1. The molecular formula is C15H15FN2O5. The predicted molar refractivity (Wildman–Crippen MR) is 77.3 cm³/mol. The topological polar surface area (TPSA) is 102 Å². The van der Waals surface area contributed by atoms with Crippen molar-refractivity contribution in [2.24, 2.45) is 0 Å². The van der Waals surface area contributed by atoms with Crippen molar-refractivity contribution in [3.05, 3.63) is 41.4 Å². The molecule has 0 aliphatic rings. The Hall–Kier alpha value is -2.74. The summed E-state index contributed by atoms with van der Waals surface area (Å²) in [4.78, 5) is 22.9. The molecule has 1 atom stereocenters. The van der Waals surface area contributed by atoms with Gasteiger partial charge in [0.25, 0.3) is 0 Å². The molecule has 0 fully saturated rings. The summed E-state index contributed by atoms with van der Waals surface area (Å²) in [7, 11) is 1.37. The van der Waals surface area contributed by atoms with E-state index in [0.29, 0.717) is 5.56 Å². The molecule has 0 spiro atoms. The van der Waals surface area contributed by atoms with Crippen LogP contribution in [0.25, 0.3) is 11.3 Å². The molecule has 0 aliphatic carbocycles. The number of nitrogens with zero attached hydrogens (tertiary/aromatic N) is 1. The third kappa shape index (κ3) is 3.72. The highest BCUT2D eigenvalue weighted by atomic mass is 19.1. The summed E-state index contributed by atoms with van der Waals surface area (Å²) in [6, 6.07) is 4.66. The van der Waals surface area contributed by atoms with Crippen LogP contribution in [-0.4, -0.2) is 35.9 Å². The number of carboxylic acid groups (broad SMARTS) is 1. The molecule has 8 heteroatoms. The molecule has 122 valence electrons. The van der Waals surface area contributed by atoms with Crippen molar-refractivity contribution in [3.8, 4) is 11.3 Å². The van der Waals surface area contributed by atoms with Crippen LogP contribution in [0.15, 0.2) is 28.8 Å². The lowest BCUT2D eigenvalue weighted by molar-refractivity contribution is -0.125. The number of amides is 1. The zero-order valence-electron chi connectivity index (χ0n) is 12.5. The van der Waals surface area contributed by atoms with Crippen LogP contribution in [0.2, 0.25) is 0 Å². The van der Waals surface area contributed by atoms with E-state index in [2.05, 4.69) is 10.5 Å². The quantitative estimate of drug-likeness (QED) is 0.843. The minimum absolute atomic E-state index is 0.163. The van der Waals surface area contributed by atoms with E-state index in [-0.39, 0.29) is 23.6 Å². The van der Waals surface area contributed by atoms with Crippen molar-refractivity contribution in [1.82, 2.24) is 10.5 Å². The van der Waals surface area contributed by atoms with Crippen LogP contribution in [0.4, 0.5) is 4.39 Å². The zero-order chi connectivity index (χ0) is 17.0. The number of carbonyl (C=O) groups is 2. The molecule has 23 heavy (non-hydrogen) atoms. The normalized spacial score (nSPS) is 12.0. The van der Waals surface area contributed by atoms with Crippen LogP contribution in [0.3, 0.4) is 0 Å². The largest absolute Gasteiger partial charge is 0.475 e. The van der Waals surface area contributed by atoms with Gasteiger partial charge in [0.1, 0.15) is 18.1 Å². The molecule has 1 amide bonds. The van der Waals surface area contributed by atoms with Crippen molar-refractivity contribution < 1.29 is 28.3 Å².